The maximum absolute atomic E-state index is 13.6. The van der Waals surface area contributed by atoms with E-state index in [9.17, 15) is 9.18 Å². The van der Waals surface area contributed by atoms with Gasteiger partial charge in [-0.25, -0.2) is 4.39 Å². The van der Waals surface area contributed by atoms with Crippen LogP contribution in [0.5, 0.6) is 0 Å². The van der Waals surface area contributed by atoms with E-state index in [1.807, 2.05) is 6.92 Å². The molecule has 0 bridgehead atoms. The van der Waals surface area contributed by atoms with Gasteiger partial charge in [-0.15, -0.1) is 0 Å². The van der Waals surface area contributed by atoms with Crippen molar-refractivity contribution in [3.8, 4) is 0 Å². The summed E-state index contributed by atoms with van der Waals surface area (Å²) in [7, 11) is 0. The summed E-state index contributed by atoms with van der Waals surface area (Å²) in [5, 5.41) is 0.628. The minimum atomic E-state index is -0.434. The second kappa shape index (κ2) is 4.78. The fourth-order valence-electron chi connectivity index (χ4n) is 2.60. The van der Waals surface area contributed by atoms with Crippen molar-refractivity contribution in [2.45, 2.75) is 13.3 Å². The van der Waals surface area contributed by atoms with Crippen LogP contribution in [-0.4, -0.2) is 19.0 Å². The van der Waals surface area contributed by atoms with Crippen LogP contribution in [-0.2, 0) is 4.74 Å². The maximum atomic E-state index is 13.6. The third-order valence-corrected chi connectivity index (χ3v) is 3.72. The van der Waals surface area contributed by atoms with Gasteiger partial charge in [0.15, 0.2) is 17.2 Å². The molecule has 4 heteroatoms. The zero-order chi connectivity index (χ0) is 13.4. The minimum Gasteiger partial charge on any atom is -0.450 e. The highest BCUT2D eigenvalue weighted by atomic mass is 19.1. The molecule has 1 aromatic carbocycles. The first kappa shape index (κ1) is 12.4. The number of furan rings is 1. The second-order valence-corrected chi connectivity index (χ2v) is 5.08. The van der Waals surface area contributed by atoms with Crippen molar-refractivity contribution >= 4 is 16.8 Å². The number of Topliss-reactive ketones (excluding diaryl/α,β-unsaturated/α-hetero) is 1. The van der Waals surface area contributed by atoms with Crippen molar-refractivity contribution in [3.63, 3.8) is 0 Å². The molecule has 1 aliphatic heterocycles. The maximum Gasteiger partial charge on any atom is 0.201 e. The largest absolute Gasteiger partial charge is 0.450 e. The Labute approximate surface area is 110 Å². The molecule has 0 amide bonds. The van der Waals surface area contributed by atoms with E-state index < -0.39 is 5.82 Å². The van der Waals surface area contributed by atoms with Crippen LogP contribution in [0.1, 0.15) is 23.9 Å². The zero-order valence-corrected chi connectivity index (χ0v) is 10.7. The quantitative estimate of drug-likeness (QED) is 0.778. The first-order chi connectivity index (χ1) is 9.16. The molecule has 19 heavy (non-hydrogen) atoms. The lowest BCUT2D eigenvalue weighted by atomic mass is 9.85. The van der Waals surface area contributed by atoms with Crippen molar-refractivity contribution in [1.29, 1.82) is 0 Å². The van der Waals surface area contributed by atoms with Crippen LogP contribution in [0.2, 0.25) is 0 Å². The molecular formula is C15H15FO3. The van der Waals surface area contributed by atoms with Crippen LogP contribution in [0.3, 0.4) is 0 Å². The fraction of sp³-hybridized carbons (Fsp3) is 0.400. The Hall–Kier alpha value is -1.68. The highest BCUT2D eigenvalue weighted by Gasteiger charge is 2.31. The molecule has 0 N–H and O–H groups in total. The summed E-state index contributed by atoms with van der Waals surface area (Å²) >= 11 is 0. The number of ether oxygens (including phenoxy) is 1. The molecule has 1 aliphatic rings. The molecule has 2 heterocycles. The van der Waals surface area contributed by atoms with Gasteiger partial charge in [0.05, 0.1) is 0 Å². The van der Waals surface area contributed by atoms with Crippen LogP contribution in [0.4, 0.5) is 4.39 Å². The molecule has 0 radical (unpaired) electrons. The van der Waals surface area contributed by atoms with Gasteiger partial charge >= 0.3 is 0 Å². The van der Waals surface area contributed by atoms with Crippen LogP contribution < -0.4 is 0 Å². The third-order valence-electron chi connectivity index (χ3n) is 3.72. The Morgan fingerprint density at radius 3 is 3.00 bits per heavy atom. The normalized spacial score (nSPS) is 23.7. The van der Waals surface area contributed by atoms with Gasteiger partial charge in [0.1, 0.15) is 0 Å². The Morgan fingerprint density at radius 2 is 2.26 bits per heavy atom. The summed E-state index contributed by atoms with van der Waals surface area (Å²) in [4.78, 5) is 12.4. The molecule has 1 fully saturated rings. The molecule has 2 atom stereocenters. The number of rotatable bonds is 2. The number of hydrogen-bond donors (Lipinski definition) is 0. The Kier molecular flexibility index (Phi) is 3.11. The fourth-order valence-corrected chi connectivity index (χ4v) is 2.60. The minimum absolute atomic E-state index is 0.0496. The average molecular weight is 262 g/mol. The Bertz CT molecular complexity index is 617. The summed E-state index contributed by atoms with van der Waals surface area (Å²) in [6, 6.07) is 6.31. The highest BCUT2D eigenvalue weighted by molar-refractivity contribution is 5.99. The van der Waals surface area contributed by atoms with Crippen molar-refractivity contribution in [3.05, 3.63) is 35.8 Å². The summed E-state index contributed by atoms with van der Waals surface area (Å²) in [6.45, 7) is 3.17. The molecule has 100 valence electrons. The number of fused-ring (bicyclic) bond motifs is 1. The smallest absolute Gasteiger partial charge is 0.201 e. The van der Waals surface area contributed by atoms with Crippen molar-refractivity contribution in [2.75, 3.05) is 13.2 Å². The topological polar surface area (TPSA) is 39.4 Å². The molecular weight excluding hydrogens is 247 g/mol. The summed E-state index contributed by atoms with van der Waals surface area (Å²) in [5.74, 6) is -0.168. The predicted molar refractivity (Wildman–Crippen MR) is 68.6 cm³/mol. The predicted octanol–water partition coefficient (Wildman–Crippen LogP) is 3.43. The standard InChI is InChI=1S/C15H15FO3/c1-9-8-18-6-5-11(9)14(17)13-7-10-3-2-4-12(16)15(10)19-13/h2-4,7,9,11H,5-6,8H2,1H3. The van der Waals surface area contributed by atoms with Gasteiger partial charge in [-0.2, -0.15) is 0 Å². The number of para-hydroxylation sites is 1. The molecule has 0 aliphatic carbocycles. The Balaban J connectivity index is 1.95. The lowest BCUT2D eigenvalue weighted by Crippen LogP contribution is -2.31. The first-order valence-corrected chi connectivity index (χ1v) is 6.47. The van der Waals surface area contributed by atoms with E-state index in [4.69, 9.17) is 9.15 Å². The van der Waals surface area contributed by atoms with E-state index in [-0.39, 0.29) is 29.0 Å². The van der Waals surface area contributed by atoms with Gasteiger partial charge in [0, 0.05) is 24.5 Å². The summed E-state index contributed by atoms with van der Waals surface area (Å²) in [5.41, 5.74) is 0.158. The molecule has 0 spiro atoms. The molecule has 2 unspecified atom stereocenters. The van der Waals surface area contributed by atoms with E-state index >= 15 is 0 Å². The summed E-state index contributed by atoms with van der Waals surface area (Å²) in [6.07, 6.45) is 0.694. The monoisotopic (exact) mass is 262 g/mol. The van der Waals surface area contributed by atoms with E-state index in [1.165, 1.54) is 6.07 Å². The van der Waals surface area contributed by atoms with E-state index in [0.29, 0.717) is 25.0 Å². The van der Waals surface area contributed by atoms with Crippen LogP contribution in [0.15, 0.2) is 28.7 Å². The SMILES string of the molecule is CC1COCCC1C(=O)c1cc2cccc(F)c2o1. The van der Waals surface area contributed by atoms with Gasteiger partial charge in [-0.1, -0.05) is 19.1 Å². The number of carbonyl (C=O) groups is 1. The number of carbonyl (C=O) groups excluding carboxylic acids is 1. The van der Waals surface area contributed by atoms with Crippen LogP contribution >= 0.6 is 0 Å². The molecule has 1 aromatic heterocycles. The van der Waals surface area contributed by atoms with E-state index in [1.54, 1.807) is 18.2 Å². The number of benzene rings is 1. The van der Waals surface area contributed by atoms with E-state index in [2.05, 4.69) is 0 Å². The number of ketones is 1. The van der Waals surface area contributed by atoms with Gasteiger partial charge < -0.3 is 9.15 Å². The van der Waals surface area contributed by atoms with Crippen molar-refractivity contribution < 1.29 is 18.3 Å². The summed E-state index contributed by atoms with van der Waals surface area (Å²) < 4.78 is 24.3. The van der Waals surface area contributed by atoms with Gasteiger partial charge in [0.2, 0.25) is 5.78 Å². The van der Waals surface area contributed by atoms with Gasteiger partial charge in [-0.05, 0) is 24.5 Å². The lowest BCUT2D eigenvalue weighted by molar-refractivity contribution is 0.0230. The average Bonchev–Trinajstić information content (AvgIpc) is 2.84. The van der Waals surface area contributed by atoms with Crippen LogP contribution in [0.25, 0.3) is 11.0 Å². The molecule has 2 aromatic rings. The van der Waals surface area contributed by atoms with Gasteiger partial charge in [0.25, 0.3) is 0 Å². The number of hydrogen-bond acceptors (Lipinski definition) is 3. The number of halogens is 1. The van der Waals surface area contributed by atoms with Crippen molar-refractivity contribution in [2.24, 2.45) is 11.8 Å². The second-order valence-electron chi connectivity index (χ2n) is 5.08. The highest BCUT2D eigenvalue weighted by Crippen LogP contribution is 2.29. The van der Waals surface area contributed by atoms with Crippen LogP contribution in [0, 0.1) is 17.7 Å². The first-order valence-electron chi connectivity index (χ1n) is 6.47. The van der Waals surface area contributed by atoms with Crippen molar-refractivity contribution in [1.82, 2.24) is 0 Å². The van der Waals surface area contributed by atoms with Gasteiger partial charge in [-0.3, -0.25) is 4.79 Å². The molecule has 3 rings (SSSR count). The molecule has 0 saturated carbocycles. The molecule has 3 nitrogen and oxygen atoms in total. The zero-order valence-electron chi connectivity index (χ0n) is 10.7. The van der Waals surface area contributed by atoms with E-state index in [0.717, 1.165) is 0 Å². The Morgan fingerprint density at radius 1 is 1.42 bits per heavy atom. The molecule has 1 saturated heterocycles. The third kappa shape index (κ3) is 2.16. The lowest BCUT2D eigenvalue weighted by Gasteiger charge is -2.26.